The zero-order chi connectivity index (χ0) is 23.0. The summed E-state index contributed by atoms with van der Waals surface area (Å²) in [7, 11) is 1.67. The number of benzene rings is 3. The molecule has 0 unspecified atom stereocenters. The molecule has 0 saturated carbocycles. The van der Waals surface area contributed by atoms with Gasteiger partial charge in [-0.25, -0.2) is 4.39 Å². The average molecular weight is 448 g/mol. The van der Waals surface area contributed by atoms with Crippen LogP contribution in [0.25, 0.3) is 11.1 Å². The van der Waals surface area contributed by atoms with Crippen molar-refractivity contribution < 1.29 is 18.7 Å². The fourth-order valence-electron chi connectivity index (χ4n) is 4.36. The normalized spacial score (nSPS) is 14.2. The monoisotopic (exact) mass is 447 g/mol. The van der Waals surface area contributed by atoms with Crippen molar-refractivity contribution in [3.05, 3.63) is 84.2 Å². The van der Waals surface area contributed by atoms with Crippen LogP contribution >= 0.6 is 0 Å². The van der Waals surface area contributed by atoms with E-state index in [9.17, 15) is 9.18 Å². The molecule has 0 N–H and O–H groups in total. The third-order valence-electron chi connectivity index (χ3n) is 6.36. The number of aryl methyl sites for hydroxylation is 1. The number of nitrogens with zero attached hydrogens (tertiary/aromatic N) is 1. The molecule has 3 aromatic rings. The number of ether oxygens (including phenoxy) is 2. The molecule has 0 radical (unpaired) electrons. The van der Waals surface area contributed by atoms with Crippen molar-refractivity contribution in [3.63, 3.8) is 0 Å². The minimum Gasteiger partial charge on any atom is -0.497 e. The Morgan fingerprint density at radius 1 is 0.970 bits per heavy atom. The minimum atomic E-state index is -0.457. The van der Waals surface area contributed by atoms with Crippen molar-refractivity contribution in [2.45, 2.75) is 25.7 Å². The van der Waals surface area contributed by atoms with E-state index in [1.807, 2.05) is 53.4 Å². The maximum atomic E-state index is 14.5. The van der Waals surface area contributed by atoms with Gasteiger partial charge in [-0.2, -0.15) is 0 Å². The van der Waals surface area contributed by atoms with Crippen LogP contribution in [0.2, 0.25) is 0 Å². The molecule has 1 aliphatic rings. The van der Waals surface area contributed by atoms with Crippen LogP contribution in [0.3, 0.4) is 0 Å². The number of rotatable bonds is 8. The van der Waals surface area contributed by atoms with Crippen LogP contribution in [-0.4, -0.2) is 37.6 Å². The Kier molecular flexibility index (Phi) is 7.61. The predicted octanol–water partition coefficient (Wildman–Crippen LogP) is 5.75. The lowest BCUT2D eigenvalue weighted by molar-refractivity contribution is -0.134. The first-order chi connectivity index (χ1) is 16.1. The lowest BCUT2D eigenvalue weighted by Gasteiger charge is -2.32. The first-order valence-electron chi connectivity index (χ1n) is 11.5. The predicted molar refractivity (Wildman–Crippen MR) is 128 cm³/mol. The Labute approximate surface area is 195 Å². The van der Waals surface area contributed by atoms with Crippen LogP contribution in [0.5, 0.6) is 11.5 Å². The molecule has 33 heavy (non-hydrogen) atoms. The van der Waals surface area contributed by atoms with Crippen LogP contribution in [0, 0.1) is 11.7 Å². The van der Waals surface area contributed by atoms with Gasteiger partial charge in [-0.1, -0.05) is 54.6 Å². The number of para-hydroxylation sites is 1. The molecule has 1 amide bonds. The highest BCUT2D eigenvalue weighted by atomic mass is 19.1. The van der Waals surface area contributed by atoms with Gasteiger partial charge in [-0.05, 0) is 60.9 Å². The van der Waals surface area contributed by atoms with Crippen molar-refractivity contribution in [2.75, 3.05) is 26.8 Å². The Balaban J connectivity index is 1.27. The van der Waals surface area contributed by atoms with Gasteiger partial charge in [-0.15, -0.1) is 0 Å². The molecular formula is C28H30FNO3. The summed E-state index contributed by atoms with van der Waals surface area (Å²) in [6.07, 6.45) is 4.11. The van der Waals surface area contributed by atoms with Crippen LogP contribution in [0.1, 0.15) is 24.8 Å². The summed E-state index contributed by atoms with van der Waals surface area (Å²) in [5.74, 6) is 1.06. The van der Waals surface area contributed by atoms with Gasteiger partial charge in [-0.3, -0.25) is 4.79 Å². The largest absolute Gasteiger partial charge is 0.497 e. The third-order valence-corrected chi connectivity index (χ3v) is 6.36. The van der Waals surface area contributed by atoms with Gasteiger partial charge in [0, 0.05) is 18.7 Å². The fourth-order valence-corrected chi connectivity index (χ4v) is 4.36. The van der Waals surface area contributed by atoms with Gasteiger partial charge in [0.15, 0.2) is 18.2 Å². The lowest BCUT2D eigenvalue weighted by Crippen LogP contribution is -2.41. The zero-order valence-corrected chi connectivity index (χ0v) is 19.0. The number of likely N-dealkylation sites (tertiary alicyclic amines) is 1. The van der Waals surface area contributed by atoms with E-state index in [1.54, 1.807) is 13.2 Å². The van der Waals surface area contributed by atoms with Crippen molar-refractivity contribution in [2.24, 2.45) is 5.92 Å². The van der Waals surface area contributed by atoms with E-state index in [0.29, 0.717) is 11.5 Å². The van der Waals surface area contributed by atoms with E-state index in [-0.39, 0.29) is 18.3 Å². The molecule has 4 nitrogen and oxygen atoms in total. The lowest BCUT2D eigenvalue weighted by atomic mass is 9.90. The summed E-state index contributed by atoms with van der Waals surface area (Å²) in [6.45, 7) is 1.29. The van der Waals surface area contributed by atoms with Crippen LogP contribution in [0.15, 0.2) is 72.8 Å². The van der Waals surface area contributed by atoms with Gasteiger partial charge >= 0.3 is 0 Å². The van der Waals surface area contributed by atoms with E-state index in [0.717, 1.165) is 50.1 Å². The van der Waals surface area contributed by atoms with Gasteiger partial charge in [0.25, 0.3) is 5.91 Å². The van der Waals surface area contributed by atoms with E-state index >= 15 is 0 Å². The van der Waals surface area contributed by atoms with Gasteiger partial charge < -0.3 is 14.4 Å². The summed E-state index contributed by atoms with van der Waals surface area (Å²) >= 11 is 0. The Hall–Kier alpha value is -3.34. The maximum absolute atomic E-state index is 14.5. The number of hydrogen-bond acceptors (Lipinski definition) is 3. The first-order valence-corrected chi connectivity index (χ1v) is 11.5. The Morgan fingerprint density at radius 3 is 2.39 bits per heavy atom. The standard InChI is InChI=1S/C28H30FNO3/c1-32-24-14-12-21(13-15-24)10-11-22-16-18-30(19-17-22)27(31)20-33-28-25(8-5-9-26(28)29)23-6-3-2-4-7-23/h2-9,12-15,22H,10-11,16-20H2,1H3. The second-order valence-electron chi connectivity index (χ2n) is 8.48. The van der Waals surface area contributed by atoms with E-state index in [1.165, 1.54) is 11.6 Å². The molecule has 0 spiro atoms. The summed E-state index contributed by atoms with van der Waals surface area (Å²) in [5.41, 5.74) is 2.82. The quantitative estimate of drug-likeness (QED) is 0.441. The number of piperidine rings is 1. The highest BCUT2D eigenvalue weighted by Crippen LogP contribution is 2.32. The number of halogens is 1. The second kappa shape index (κ2) is 11.0. The number of amides is 1. The summed E-state index contributed by atoms with van der Waals surface area (Å²) in [4.78, 5) is 14.6. The van der Waals surface area contributed by atoms with Gasteiger partial charge in [0.2, 0.25) is 0 Å². The highest BCUT2D eigenvalue weighted by molar-refractivity contribution is 5.78. The van der Waals surface area contributed by atoms with Crippen molar-refractivity contribution in [3.8, 4) is 22.6 Å². The smallest absolute Gasteiger partial charge is 0.260 e. The van der Waals surface area contributed by atoms with Crippen LogP contribution in [-0.2, 0) is 11.2 Å². The molecule has 1 aliphatic heterocycles. The second-order valence-corrected chi connectivity index (χ2v) is 8.48. The molecule has 1 fully saturated rings. The summed E-state index contributed by atoms with van der Waals surface area (Å²) in [6, 6.07) is 22.6. The van der Waals surface area contributed by atoms with E-state index in [4.69, 9.17) is 9.47 Å². The average Bonchev–Trinajstić information content (AvgIpc) is 2.87. The molecule has 0 bridgehead atoms. The van der Waals surface area contributed by atoms with Gasteiger partial charge in [0.1, 0.15) is 5.75 Å². The molecule has 4 rings (SSSR count). The van der Waals surface area contributed by atoms with Crippen molar-refractivity contribution in [1.82, 2.24) is 4.90 Å². The maximum Gasteiger partial charge on any atom is 0.260 e. The first kappa shape index (κ1) is 22.8. The molecule has 3 aromatic carbocycles. The summed E-state index contributed by atoms with van der Waals surface area (Å²) < 4.78 is 25.4. The molecular weight excluding hydrogens is 417 g/mol. The molecule has 0 aromatic heterocycles. The molecule has 0 aliphatic carbocycles. The molecule has 1 saturated heterocycles. The number of hydrogen-bond donors (Lipinski definition) is 0. The molecule has 0 atom stereocenters. The Morgan fingerprint density at radius 2 is 1.70 bits per heavy atom. The zero-order valence-electron chi connectivity index (χ0n) is 19.0. The van der Waals surface area contributed by atoms with E-state index in [2.05, 4.69) is 12.1 Å². The van der Waals surface area contributed by atoms with Gasteiger partial charge in [0.05, 0.1) is 7.11 Å². The van der Waals surface area contributed by atoms with Crippen molar-refractivity contribution >= 4 is 5.91 Å². The number of carbonyl (C=O) groups excluding carboxylic acids is 1. The SMILES string of the molecule is COc1ccc(CCC2CCN(C(=O)COc3c(F)cccc3-c3ccccc3)CC2)cc1. The molecule has 5 heteroatoms. The fraction of sp³-hybridized carbons (Fsp3) is 0.321. The van der Waals surface area contributed by atoms with E-state index < -0.39 is 5.82 Å². The van der Waals surface area contributed by atoms with Crippen LogP contribution in [0.4, 0.5) is 4.39 Å². The molecule has 172 valence electrons. The Bertz CT molecular complexity index is 1040. The highest BCUT2D eigenvalue weighted by Gasteiger charge is 2.23. The number of carbonyl (C=O) groups is 1. The minimum absolute atomic E-state index is 0.0918. The number of methoxy groups -OCH3 is 1. The molecule has 1 heterocycles. The van der Waals surface area contributed by atoms with Crippen LogP contribution < -0.4 is 9.47 Å². The van der Waals surface area contributed by atoms with Crippen molar-refractivity contribution in [1.29, 1.82) is 0 Å². The third kappa shape index (κ3) is 5.92. The summed E-state index contributed by atoms with van der Waals surface area (Å²) in [5, 5.41) is 0. The topological polar surface area (TPSA) is 38.8 Å².